The summed E-state index contributed by atoms with van der Waals surface area (Å²) in [7, 11) is 0. The van der Waals surface area contributed by atoms with E-state index in [2.05, 4.69) is 115 Å². The van der Waals surface area contributed by atoms with Gasteiger partial charge in [-0.15, -0.1) is 0 Å². The summed E-state index contributed by atoms with van der Waals surface area (Å²) < 4.78 is 12.6. The predicted octanol–water partition coefficient (Wildman–Crippen LogP) is 13.7. The molecule has 0 spiro atoms. The van der Waals surface area contributed by atoms with Gasteiger partial charge in [0.15, 0.2) is 17.5 Å². The number of para-hydroxylation sites is 1. The zero-order valence-corrected chi connectivity index (χ0v) is 30.1. The molecule has 262 valence electrons. The number of hydrogen-bond donors (Lipinski definition) is 0. The number of benzene rings is 8. The molecule has 0 radical (unpaired) electrons. The number of rotatable bonds is 6. The van der Waals surface area contributed by atoms with Gasteiger partial charge in [-0.05, 0) is 81.9 Å². The molecule has 56 heavy (non-hydrogen) atoms. The minimum Gasteiger partial charge on any atom is -0.456 e. The Kier molecular flexibility index (Phi) is 7.42. The first kappa shape index (κ1) is 31.9. The summed E-state index contributed by atoms with van der Waals surface area (Å²) in [4.78, 5) is 14.8. The predicted molar refractivity (Wildman–Crippen MR) is 227 cm³/mol. The van der Waals surface area contributed by atoms with Gasteiger partial charge in [0.05, 0.1) is 0 Å². The van der Waals surface area contributed by atoms with Crippen molar-refractivity contribution in [1.29, 1.82) is 0 Å². The molecule has 0 unspecified atom stereocenters. The maximum atomic E-state index is 6.50. The average molecular weight is 718 g/mol. The summed E-state index contributed by atoms with van der Waals surface area (Å²) in [6, 6.07) is 64.7. The van der Waals surface area contributed by atoms with E-state index in [1.165, 1.54) is 5.56 Å². The third kappa shape index (κ3) is 5.53. The highest BCUT2D eigenvalue weighted by molar-refractivity contribution is 6.09. The van der Waals surface area contributed by atoms with Crippen LogP contribution >= 0.6 is 0 Å². The molecule has 0 bridgehead atoms. The second-order valence-electron chi connectivity index (χ2n) is 14.0. The van der Waals surface area contributed by atoms with E-state index in [1.54, 1.807) is 0 Å². The monoisotopic (exact) mass is 717 g/mol. The van der Waals surface area contributed by atoms with E-state index in [4.69, 9.17) is 23.8 Å². The van der Waals surface area contributed by atoms with Crippen LogP contribution < -0.4 is 0 Å². The molecule has 5 heteroatoms. The van der Waals surface area contributed by atoms with Gasteiger partial charge in [0, 0.05) is 38.2 Å². The fourth-order valence-corrected chi connectivity index (χ4v) is 7.78. The van der Waals surface area contributed by atoms with Crippen molar-refractivity contribution in [1.82, 2.24) is 15.0 Å². The molecular weight excluding hydrogens is 687 g/mol. The molecule has 11 aromatic rings. The minimum absolute atomic E-state index is 0.621. The Morgan fingerprint density at radius 1 is 0.250 bits per heavy atom. The Labute approximate surface area is 322 Å². The third-order valence-corrected chi connectivity index (χ3v) is 10.6. The normalized spacial score (nSPS) is 11.6. The molecule has 0 saturated carbocycles. The van der Waals surface area contributed by atoms with Gasteiger partial charge in [0.1, 0.15) is 22.3 Å². The van der Waals surface area contributed by atoms with Crippen LogP contribution in [-0.4, -0.2) is 15.0 Å². The van der Waals surface area contributed by atoms with Crippen LogP contribution in [0, 0.1) is 0 Å². The minimum atomic E-state index is 0.621. The highest BCUT2D eigenvalue weighted by Gasteiger charge is 2.16. The highest BCUT2D eigenvalue weighted by Crippen LogP contribution is 2.40. The van der Waals surface area contributed by atoms with Crippen molar-refractivity contribution in [2.45, 2.75) is 0 Å². The van der Waals surface area contributed by atoms with Crippen LogP contribution in [-0.2, 0) is 0 Å². The zero-order valence-electron chi connectivity index (χ0n) is 30.1. The highest BCUT2D eigenvalue weighted by atomic mass is 16.3. The number of nitrogens with zero attached hydrogens (tertiary/aromatic N) is 3. The van der Waals surface area contributed by atoms with Crippen LogP contribution in [0.3, 0.4) is 0 Å². The van der Waals surface area contributed by atoms with Crippen LogP contribution in [0.1, 0.15) is 0 Å². The lowest BCUT2D eigenvalue weighted by Gasteiger charge is -2.11. The molecule has 5 nitrogen and oxygen atoms in total. The topological polar surface area (TPSA) is 65.0 Å². The Morgan fingerprint density at radius 3 is 1.34 bits per heavy atom. The van der Waals surface area contributed by atoms with Crippen molar-refractivity contribution >= 4 is 43.9 Å². The summed E-state index contributed by atoms with van der Waals surface area (Å²) in [5.74, 6) is 1.90. The number of hydrogen-bond acceptors (Lipinski definition) is 5. The van der Waals surface area contributed by atoms with Crippen LogP contribution in [0.5, 0.6) is 0 Å². The Bertz CT molecular complexity index is 3200. The van der Waals surface area contributed by atoms with E-state index in [9.17, 15) is 0 Å². The second-order valence-corrected chi connectivity index (χ2v) is 14.0. The average Bonchev–Trinajstić information content (AvgIpc) is 3.84. The van der Waals surface area contributed by atoms with Gasteiger partial charge >= 0.3 is 0 Å². The van der Waals surface area contributed by atoms with E-state index in [0.717, 1.165) is 88.4 Å². The van der Waals surface area contributed by atoms with Crippen molar-refractivity contribution in [3.63, 3.8) is 0 Å². The second kappa shape index (κ2) is 13.0. The lowest BCUT2D eigenvalue weighted by molar-refractivity contribution is 0.668. The van der Waals surface area contributed by atoms with Gasteiger partial charge in [-0.1, -0.05) is 140 Å². The summed E-state index contributed by atoms with van der Waals surface area (Å²) in [6.45, 7) is 0. The first-order chi connectivity index (χ1) is 27.7. The molecule has 0 aliphatic heterocycles. The van der Waals surface area contributed by atoms with Crippen molar-refractivity contribution in [3.8, 4) is 67.5 Å². The van der Waals surface area contributed by atoms with E-state index in [1.807, 2.05) is 72.8 Å². The molecule has 3 aromatic heterocycles. The maximum Gasteiger partial charge on any atom is 0.164 e. The maximum absolute atomic E-state index is 6.50. The summed E-state index contributed by atoms with van der Waals surface area (Å²) in [5, 5.41) is 4.39. The lowest BCUT2D eigenvalue weighted by atomic mass is 9.93. The molecule has 0 fully saturated rings. The Balaban J connectivity index is 0.963. The first-order valence-electron chi connectivity index (χ1n) is 18.7. The van der Waals surface area contributed by atoms with Crippen molar-refractivity contribution < 1.29 is 8.83 Å². The summed E-state index contributed by atoms with van der Waals surface area (Å²) in [5.41, 5.74) is 13.0. The molecule has 3 heterocycles. The SMILES string of the molecule is c1ccc(-c2nc(-c3ccccc3)nc(-c3cccc(-c4ccc5c(c4)oc4ccc(-c6ccccc6-c6ccc7oc8ccccc8c7c6)cc45)c3)n2)cc1. The van der Waals surface area contributed by atoms with Gasteiger partial charge in [-0.3, -0.25) is 0 Å². The lowest BCUT2D eigenvalue weighted by Crippen LogP contribution is -2.00. The molecule has 11 rings (SSSR count). The van der Waals surface area contributed by atoms with Gasteiger partial charge in [0.2, 0.25) is 0 Å². The van der Waals surface area contributed by atoms with Gasteiger partial charge in [-0.2, -0.15) is 0 Å². The summed E-state index contributed by atoms with van der Waals surface area (Å²) >= 11 is 0. The van der Waals surface area contributed by atoms with E-state index in [-0.39, 0.29) is 0 Å². The molecule has 0 amide bonds. The molecule has 0 atom stereocenters. The smallest absolute Gasteiger partial charge is 0.164 e. The van der Waals surface area contributed by atoms with Crippen LogP contribution in [0.4, 0.5) is 0 Å². The molecule has 0 N–H and O–H groups in total. The molecule has 0 aliphatic rings. The molecule has 0 saturated heterocycles. The van der Waals surface area contributed by atoms with Crippen LogP contribution in [0.2, 0.25) is 0 Å². The number of fused-ring (bicyclic) bond motifs is 6. The van der Waals surface area contributed by atoms with Gasteiger partial charge in [-0.25, -0.2) is 15.0 Å². The molecule has 8 aromatic carbocycles. The van der Waals surface area contributed by atoms with Gasteiger partial charge < -0.3 is 8.83 Å². The van der Waals surface area contributed by atoms with E-state index >= 15 is 0 Å². The van der Waals surface area contributed by atoms with Gasteiger partial charge in [0.25, 0.3) is 0 Å². The zero-order chi connectivity index (χ0) is 37.0. The van der Waals surface area contributed by atoms with Crippen molar-refractivity contribution in [2.75, 3.05) is 0 Å². The molecule has 0 aliphatic carbocycles. The summed E-state index contributed by atoms with van der Waals surface area (Å²) in [6.07, 6.45) is 0. The van der Waals surface area contributed by atoms with E-state index < -0.39 is 0 Å². The van der Waals surface area contributed by atoms with Crippen LogP contribution in [0.15, 0.2) is 197 Å². The van der Waals surface area contributed by atoms with Crippen LogP contribution in [0.25, 0.3) is 111 Å². The Hall–Kier alpha value is -7.63. The fraction of sp³-hybridized carbons (Fsp3) is 0. The number of aromatic nitrogens is 3. The quantitative estimate of drug-likeness (QED) is 0.171. The third-order valence-electron chi connectivity index (χ3n) is 10.6. The standard InChI is InChI=1S/C51H31N3O2/c1-3-12-32(13-4-1)49-52-50(33-14-5-2-6-15-33)54-51(53-49)38-17-11-16-34(28-38)35-22-25-42-44-30-37(24-27-47(44)56-48(42)31-35)40-19-8-7-18-39(40)36-23-26-46-43(29-36)41-20-9-10-21-45(41)55-46/h1-31H. The van der Waals surface area contributed by atoms with Crippen molar-refractivity contribution in [3.05, 3.63) is 188 Å². The Morgan fingerprint density at radius 2 is 0.696 bits per heavy atom. The van der Waals surface area contributed by atoms with Crippen molar-refractivity contribution in [2.24, 2.45) is 0 Å². The first-order valence-corrected chi connectivity index (χ1v) is 18.7. The van der Waals surface area contributed by atoms with E-state index in [0.29, 0.717) is 17.5 Å². The number of furan rings is 2. The molecular formula is C51H31N3O2. The largest absolute Gasteiger partial charge is 0.456 e. The fourth-order valence-electron chi connectivity index (χ4n) is 7.78.